The van der Waals surface area contributed by atoms with E-state index in [-0.39, 0.29) is 49.3 Å². The Bertz CT molecular complexity index is 1590. The smallest absolute Gasteiger partial charge is 0.343 e. The van der Waals surface area contributed by atoms with Crippen molar-refractivity contribution in [2.24, 2.45) is 0 Å². The molecule has 5 aromatic carbocycles. The summed E-state index contributed by atoms with van der Waals surface area (Å²) in [4.78, 5) is 26.8. The third-order valence-corrected chi connectivity index (χ3v) is 6.36. The zero-order chi connectivity index (χ0) is 29.0. The fraction of sp³-hybridized carbons (Fsp3) is 0.111. The van der Waals surface area contributed by atoms with Gasteiger partial charge < -0.3 is 18.9 Å². The van der Waals surface area contributed by atoms with Crippen molar-refractivity contribution >= 4 is 11.8 Å². The van der Waals surface area contributed by atoms with Gasteiger partial charge in [-0.25, -0.2) is 4.79 Å². The molecule has 0 spiro atoms. The van der Waals surface area contributed by atoms with Gasteiger partial charge in [-0.1, -0.05) is 109 Å². The second-order valence-electron chi connectivity index (χ2n) is 9.50. The first-order valence-corrected chi connectivity index (χ1v) is 13.6. The highest BCUT2D eigenvalue weighted by atomic mass is 16.5. The van der Waals surface area contributed by atoms with Crippen molar-refractivity contribution in [1.82, 2.24) is 0 Å². The number of carbonyl (C=O) groups is 2. The normalized spacial score (nSPS) is 10.6. The molecular formula is C36H30O6. The summed E-state index contributed by atoms with van der Waals surface area (Å²) in [6, 6.07) is 40.6. The molecule has 0 aliphatic heterocycles. The van der Waals surface area contributed by atoms with Crippen LogP contribution < -0.4 is 14.2 Å². The van der Waals surface area contributed by atoms with E-state index in [1.165, 1.54) is 0 Å². The first kappa shape index (κ1) is 28.3. The summed E-state index contributed by atoms with van der Waals surface area (Å²) in [6.45, 7) is 0.486. The van der Waals surface area contributed by atoms with Crippen LogP contribution in [0.4, 0.5) is 0 Å². The van der Waals surface area contributed by atoms with Crippen LogP contribution in [0.25, 0.3) is 0 Å². The van der Waals surface area contributed by atoms with Crippen molar-refractivity contribution in [2.75, 3.05) is 6.61 Å². The molecule has 210 valence electrons. The molecule has 6 heteroatoms. The van der Waals surface area contributed by atoms with Crippen LogP contribution in [-0.2, 0) is 24.6 Å². The van der Waals surface area contributed by atoms with E-state index in [1.54, 1.807) is 36.4 Å². The van der Waals surface area contributed by atoms with Gasteiger partial charge in [0.2, 0.25) is 0 Å². The number of benzene rings is 5. The molecule has 0 amide bonds. The standard InChI is InChI=1S/C36H30O6/c37-32(26-39-23-27-13-5-1-6-14-27)35-33(41-25-29-17-9-3-10-18-29)21-31(40-24-28-15-7-2-8-16-28)22-34(35)42-36(38)30-19-11-4-12-20-30/h1-22H,23-26H2. The van der Waals surface area contributed by atoms with Gasteiger partial charge in [0, 0.05) is 12.1 Å². The van der Waals surface area contributed by atoms with E-state index in [9.17, 15) is 9.59 Å². The van der Waals surface area contributed by atoms with Crippen LogP contribution in [0.3, 0.4) is 0 Å². The number of hydrogen-bond acceptors (Lipinski definition) is 6. The third kappa shape index (κ3) is 7.93. The molecule has 0 heterocycles. The van der Waals surface area contributed by atoms with Gasteiger partial charge in [0.1, 0.15) is 42.6 Å². The Hall–Kier alpha value is -5.20. The minimum absolute atomic E-state index is 0.0331. The number of esters is 1. The minimum atomic E-state index is -0.607. The Morgan fingerprint density at radius 1 is 0.524 bits per heavy atom. The Labute approximate surface area is 245 Å². The van der Waals surface area contributed by atoms with Gasteiger partial charge in [-0.3, -0.25) is 4.79 Å². The van der Waals surface area contributed by atoms with E-state index in [4.69, 9.17) is 18.9 Å². The van der Waals surface area contributed by atoms with Crippen LogP contribution in [0.2, 0.25) is 0 Å². The molecule has 0 saturated heterocycles. The van der Waals surface area contributed by atoms with Crippen LogP contribution in [0, 0.1) is 0 Å². The van der Waals surface area contributed by atoms with E-state index >= 15 is 0 Å². The lowest BCUT2D eigenvalue weighted by molar-refractivity contribution is 0.0699. The highest BCUT2D eigenvalue weighted by Crippen LogP contribution is 2.36. The minimum Gasteiger partial charge on any atom is -0.489 e. The summed E-state index contributed by atoms with van der Waals surface area (Å²) >= 11 is 0. The largest absolute Gasteiger partial charge is 0.489 e. The van der Waals surface area contributed by atoms with Gasteiger partial charge in [-0.15, -0.1) is 0 Å². The number of hydrogen-bond donors (Lipinski definition) is 0. The van der Waals surface area contributed by atoms with Gasteiger partial charge in [-0.2, -0.15) is 0 Å². The van der Waals surface area contributed by atoms with E-state index < -0.39 is 5.97 Å². The van der Waals surface area contributed by atoms with Crippen molar-refractivity contribution in [3.8, 4) is 17.2 Å². The van der Waals surface area contributed by atoms with E-state index in [0.29, 0.717) is 11.3 Å². The maximum Gasteiger partial charge on any atom is 0.343 e. The summed E-state index contributed by atoms with van der Waals surface area (Å²) in [7, 11) is 0. The second kappa shape index (κ2) is 14.4. The van der Waals surface area contributed by atoms with E-state index in [0.717, 1.165) is 16.7 Å². The quantitative estimate of drug-likeness (QED) is 0.0849. The fourth-order valence-electron chi connectivity index (χ4n) is 4.24. The number of ketones is 1. The molecule has 0 aliphatic rings. The van der Waals surface area contributed by atoms with E-state index in [1.807, 2.05) is 97.1 Å². The van der Waals surface area contributed by atoms with Crippen LogP contribution >= 0.6 is 0 Å². The summed E-state index contributed by atoms with van der Waals surface area (Å²) in [5.41, 5.74) is 3.26. The first-order valence-electron chi connectivity index (χ1n) is 13.6. The number of rotatable bonds is 13. The molecule has 0 fully saturated rings. The molecule has 0 aromatic heterocycles. The number of carbonyl (C=O) groups excluding carboxylic acids is 2. The molecule has 5 aromatic rings. The van der Waals surface area contributed by atoms with Gasteiger partial charge >= 0.3 is 5.97 Å². The summed E-state index contributed by atoms with van der Waals surface area (Å²) in [6.07, 6.45) is 0. The number of Topliss-reactive ketones (excluding diaryl/α,β-unsaturated/α-hetero) is 1. The van der Waals surface area contributed by atoms with Crippen LogP contribution in [0.15, 0.2) is 133 Å². The average molecular weight is 559 g/mol. The summed E-state index contributed by atoms with van der Waals surface area (Å²) in [5.74, 6) is -0.345. The maximum absolute atomic E-state index is 13.7. The van der Waals surface area contributed by atoms with Crippen LogP contribution in [0.1, 0.15) is 37.4 Å². The highest BCUT2D eigenvalue weighted by molar-refractivity contribution is 6.03. The van der Waals surface area contributed by atoms with Crippen molar-refractivity contribution in [3.63, 3.8) is 0 Å². The molecule has 0 N–H and O–H groups in total. The fourth-order valence-corrected chi connectivity index (χ4v) is 4.24. The molecule has 0 radical (unpaired) electrons. The highest BCUT2D eigenvalue weighted by Gasteiger charge is 2.24. The second-order valence-corrected chi connectivity index (χ2v) is 9.50. The maximum atomic E-state index is 13.7. The van der Waals surface area contributed by atoms with Crippen molar-refractivity contribution in [3.05, 3.63) is 161 Å². The van der Waals surface area contributed by atoms with Crippen LogP contribution in [0.5, 0.6) is 17.2 Å². The molecule has 0 unspecified atom stereocenters. The van der Waals surface area contributed by atoms with Crippen molar-refractivity contribution in [1.29, 1.82) is 0 Å². The molecule has 0 bridgehead atoms. The third-order valence-electron chi connectivity index (χ3n) is 6.36. The predicted molar refractivity (Wildman–Crippen MR) is 160 cm³/mol. The van der Waals surface area contributed by atoms with Crippen molar-refractivity contribution < 1.29 is 28.5 Å². The van der Waals surface area contributed by atoms with Crippen molar-refractivity contribution in [2.45, 2.75) is 19.8 Å². The van der Waals surface area contributed by atoms with Gasteiger partial charge in [0.15, 0.2) is 5.78 Å². The van der Waals surface area contributed by atoms with Gasteiger partial charge in [0.05, 0.1) is 12.2 Å². The zero-order valence-electron chi connectivity index (χ0n) is 23.0. The van der Waals surface area contributed by atoms with Gasteiger partial charge in [-0.05, 0) is 28.8 Å². The molecule has 0 aliphatic carbocycles. The predicted octanol–water partition coefficient (Wildman–Crippen LogP) is 7.46. The average Bonchev–Trinajstić information content (AvgIpc) is 3.04. The monoisotopic (exact) mass is 558 g/mol. The Morgan fingerprint density at radius 2 is 1.00 bits per heavy atom. The SMILES string of the molecule is O=C(Oc1cc(OCc2ccccc2)cc(OCc2ccccc2)c1C(=O)COCc1ccccc1)c1ccccc1. The first-order chi connectivity index (χ1) is 20.7. The number of ether oxygens (including phenoxy) is 4. The zero-order valence-corrected chi connectivity index (χ0v) is 23.0. The lowest BCUT2D eigenvalue weighted by Crippen LogP contribution is -2.16. The molecule has 42 heavy (non-hydrogen) atoms. The molecule has 6 nitrogen and oxygen atoms in total. The Kier molecular flexibility index (Phi) is 9.74. The molecule has 5 rings (SSSR count). The Morgan fingerprint density at radius 3 is 1.57 bits per heavy atom. The summed E-state index contributed by atoms with van der Waals surface area (Å²) < 4.78 is 23.8. The van der Waals surface area contributed by atoms with E-state index in [2.05, 4.69) is 0 Å². The topological polar surface area (TPSA) is 71.1 Å². The Balaban J connectivity index is 1.47. The molecular weight excluding hydrogens is 528 g/mol. The molecule has 0 atom stereocenters. The van der Waals surface area contributed by atoms with Crippen LogP contribution in [-0.4, -0.2) is 18.4 Å². The molecule has 0 saturated carbocycles. The van der Waals surface area contributed by atoms with Gasteiger partial charge in [0.25, 0.3) is 0 Å². The lowest BCUT2D eigenvalue weighted by atomic mass is 10.1. The summed E-state index contributed by atoms with van der Waals surface area (Å²) in [5, 5.41) is 0. The lowest BCUT2D eigenvalue weighted by Gasteiger charge is -2.18.